The van der Waals surface area contributed by atoms with E-state index in [-0.39, 0.29) is 17.1 Å². The molecule has 1 aromatic heterocycles. The lowest BCUT2D eigenvalue weighted by Crippen LogP contribution is -2.32. The number of rotatable bonds is 11. The predicted octanol–water partition coefficient (Wildman–Crippen LogP) is 6.90. The number of hydrogen-bond acceptors (Lipinski definition) is 5. The van der Waals surface area contributed by atoms with E-state index in [4.69, 9.17) is 13.9 Å². The van der Waals surface area contributed by atoms with E-state index >= 15 is 0 Å². The third kappa shape index (κ3) is 7.37. The molecule has 0 radical (unpaired) electrons. The van der Waals surface area contributed by atoms with Gasteiger partial charge in [-0.3, -0.25) is 4.79 Å². The zero-order chi connectivity index (χ0) is 28.0. The summed E-state index contributed by atoms with van der Waals surface area (Å²) in [7, 11) is -1.20. The first-order valence-electron chi connectivity index (χ1n) is 13.3. The summed E-state index contributed by atoms with van der Waals surface area (Å²) < 4.78 is 32.9. The van der Waals surface area contributed by atoms with Crippen LogP contribution in [-0.2, 0) is 46.5 Å². The van der Waals surface area contributed by atoms with Gasteiger partial charge in [-0.25, -0.2) is 8.93 Å². The number of carbonyl (C=O) groups is 1. The summed E-state index contributed by atoms with van der Waals surface area (Å²) in [5.41, 5.74) is 5.83. The fraction of sp³-hybridized carbons (Fsp3) is 0.344. The van der Waals surface area contributed by atoms with Crippen LogP contribution in [0.15, 0.2) is 71.1 Å². The molecule has 0 aliphatic heterocycles. The molecule has 0 fully saturated rings. The number of esters is 1. The van der Waals surface area contributed by atoms with Crippen LogP contribution in [0.25, 0.3) is 22.1 Å². The lowest BCUT2D eigenvalue weighted by Gasteiger charge is -2.17. The van der Waals surface area contributed by atoms with Gasteiger partial charge >= 0.3 is 5.97 Å². The summed E-state index contributed by atoms with van der Waals surface area (Å²) in [4.78, 5) is 12.1. The number of para-hydroxylation sites is 1. The number of ether oxygens (including phenoxy) is 2. The highest BCUT2D eigenvalue weighted by Crippen LogP contribution is 2.34. The summed E-state index contributed by atoms with van der Waals surface area (Å²) >= 11 is 0. The van der Waals surface area contributed by atoms with Crippen molar-refractivity contribution in [2.24, 2.45) is 0 Å². The van der Waals surface area contributed by atoms with Crippen LogP contribution in [0.3, 0.4) is 0 Å². The molecule has 7 heteroatoms. The SMILES string of the molecule is CCOC(=O)Cc1ccccc1OCc1cc(-c2cccc(CC)c2)c2oc(CN[S@](=O)C(C)(C)C)cc2c1. The highest BCUT2D eigenvalue weighted by Gasteiger charge is 2.20. The molecule has 0 aliphatic rings. The third-order valence-corrected chi connectivity index (χ3v) is 7.83. The summed E-state index contributed by atoms with van der Waals surface area (Å²) in [6.45, 7) is 10.8. The molecule has 0 spiro atoms. The Kier molecular flexibility index (Phi) is 9.25. The van der Waals surface area contributed by atoms with Crippen LogP contribution in [0.1, 0.15) is 57.1 Å². The predicted molar refractivity (Wildman–Crippen MR) is 157 cm³/mol. The Morgan fingerprint density at radius 1 is 0.974 bits per heavy atom. The first kappa shape index (κ1) is 28.6. The van der Waals surface area contributed by atoms with Crippen molar-refractivity contribution in [2.75, 3.05) is 6.61 Å². The van der Waals surface area contributed by atoms with Gasteiger partial charge in [-0.05, 0) is 75.1 Å². The van der Waals surface area contributed by atoms with E-state index in [1.165, 1.54) is 5.56 Å². The van der Waals surface area contributed by atoms with Crippen LogP contribution in [0.5, 0.6) is 5.75 Å². The van der Waals surface area contributed by atoms with Crippen molar-refractivity contribution in [3.63, 3.8) is 0 Å². The third-order valence-electron chi connectivity index (χ3n) is 6.31. The molecule has 1 N–H and O–H groups in total. The molecular weight excluding hydrogens is 510 g/mol. The maximum Gasteiger partial charge on any atom is 0.310 e. The second kappa shape index (κ2) is 12.6. The first-order valence-corrected chi connectivity index (χ1v) is 14.5. The van der Waals surface area contributed by atoms with Gasteiger partial charge in [0.05, 0.1) is 35.3 Å². The van der Waals surface area contributed by atoms with Gasteiger partial charge in [0.15, 0.2) is 0 Å². The summed E-state index contributed by atoms with van der Waals surface area (Å²) in [6, 6.07) is 22.1. The van der Waals surface area contributed by atoms with Gasteiger partial charge in [-0.2, -0.15) is 0 Å². The fourth-order valence-electron chi connectivity index (χ4n) is 4.28. The Morgan fingerprint density at radius 2 is 1.77 bits per heavy atom. The molecule has 0 bridgehead atoms. The number of carbonyl (C=O) groups excluding carboxylic acids is 1. The summed E-state index contributed by atoms with van der Waals surface area (Å²) in [6.07, 6.45) is 1.09. The minimum absolute atomic E-state index is 0.159. The van der Waals surface area contributed by atoms with Crippen molar-refractivity contribution in [3.8, 4) is 16.9 Å². The molecule has 1 atom stereocenters. The van der Waals surface area contributed by atoms with Gasteiger partial charge in [-0.15, -0.1) is 0 Å². The number of fused-ring (bicyclic) bond motifs is 1. The molecule has 39 heavy (non-hydrogen) atoms. The van der Waals surface area contributed by atoms with Crippen molar-refractivity contribution < 1.29 is 22.9 Å². The summed E-state index contributed by atoms with van der Waals surface area (Å²) in [5, 5.41) is 0.950. The van der Waals surface area contributed by atoms with Crippen LogP contribution in [0.4, 0.5) is 0 Å². The Balaban J connectivity index is 1.66. The molecule has 1 heterocycles. The van der Waals surface area contributed by atoms with E-state index in [1.807, 2.05) is 51.1 Å². The van der Waals surface area contributed by atoms with E-state index in [0.717, 1.165) is 39.6 Å². The number of nitrogens with one attached hydrogen (secondary N) is 1. The second-order valence-corrected chi connectivity index (χ2v) is 12.5. The van der Waals surface area contributed by atoms with Crippen LogP contribution >= 0.6 is 0 Å². The van der Waals surface area contributed by atoms with E-state index in [9.17, 15) is 9.00 Å². The van der Waals surface area contributed by atoms with Crippen molar-refractivity contribution in [2.45, 2.75) is 65.4 Å². The van der Waals surface area contributed by atoms with Gasteiger partial charge < -0.3 is 13.9 Å². The standard InChI is InChI=1S/C32H37NO5S/c1-6-22-11-10-13-24(15-22)28-17-23(21-37-29-14-9-8-12-25(29)19-30(34)36-7-2)16-26-18-27(38-31(26)28)20-33-39(35)32(3,4)5/h8-18,33H,6-7,19-21H2,1-5H3/t39-/m1/s1. The largest absolute Gasteiger partial charge is 0.489 e. The average molecular weight is 548 g/mol. The van der Waals surface area contributed by atoms with Gasteiger partial charge in [0, 0.05) is 16.5 Å². The van der Waals surface area contributed by atoms with E-state index < -0.39 is 11.0 Å². The first-order chi connectivity index (χ1) is 18.7. The van der Waals surface area contributed by atoms with Crippen LogP contribution in [-0.4, -0.2) is 21.5 Å². The molecule has 4 rings (SSSR count). The maximum absolute atomic E-state index is 12.5. The van der Waals surface area contributed by atoms with Gasteiger partial charge in [0.1, 0.15) is 23.7 Å². The minimum Gasteiger partial charge on any atom is -0.489 e. The smallest absolute Gasteiger partial charge is 0.310 e. The Hall–Kier alpha value is -3.42. The van der Waals surface area contributed by atoms with Crippen molar-refractivity contribution in [1.82, 2.24) is 4.72 Å². The van der Waals surface area contributed by atoms with Gasteiger partial charge in [0.2, 0.25) is 0 Å². The normalized spacial score (nSPS) is 12.4. The fourth-order valence-corrected chi connectivity index (χ4v) is 4.99. The van der Waals surface area contributed by atoms with E-state index in [1.54, 1.807) is 6.92 Å². The Labute approximate surface area is 233 Å². The quantitative estimate of drug-likeness (QED) is 0.207. The molecule has 0 saturated heterocycles. The molecule has 0 saturated carbocycles. The van der Waals surface area contributed by atoms with Crippen molar-refractivity contribution >= 4 is 27.9 Å². The van der Waals surface area contributed by atoms with Crippen molar-refractivity contribution in [1.29, 1.82) is 0 Å². The van der Waals surface area contributed by atoms with E-state index in [0.29, 0.717) is 31.3 Å². The molecule has 6 nitrogen and oxygen atoms in total. The molecule has 0 amide bonds. The lowest BCUT2D eigenvalue weighted by molar-refractivity contribution is -0.142. The highest BCUT2D eigenvalue weighted by molar-refractivity contribution is 7.84. The Morgan fingerprint density at radius 3 is 2.51 bits per heavy atom. The lowest BCUT2D eigenvalue weighted by atomic mass is 9.98. The maximum atomic E-state index is 12.5. The molecule has 0 aliphatic carbocycles. The molecule has 4 aromatic rings. The molecule has 3 aromatic carbocycles. The second-order valence-electron chi connectivity index (χ2n) is 10.4. The van der Waals surface area contributed by atoms with Gasteiger partial charge in [-0.1, -0.05) is 49.4 Å². The molecule has 206 valence electrons. The monoisotopic (exact) mass is 547 g/mol. The average Bonchev–Trinajstić information content (AvgIpc) is 3.33. The number of furan rings is 1. The zero-order valence-corrected chi connectivity index (χ0v) is 24.2. The van der Waals surface area contributed by atoms with Crippen molar-refractivity contribution in [3.05, 3.63) is 89.2 Å². The number of benzene rings is 3. The summed E-state index contributed by atoms with van der Waals surface area (Å²) in [5.74, 6) is 1.09. The Bertz CT molecular complexity index is 1470. The topological polar surface area (TPSA) is 77.8 Å². The van der Waals surface area contributed by atoms with Crippen LogP contribution in [0.2, 0.25) is 0 Å². The van der Waals surface area contributed by atoms with Crippen LogP contribution < -0.4 is 9.46 Å². The number of hydrogen-bond donors (Lipinski definition) is 1. The molecule has 0 unspecified atom stereocenters. The van der Waals surface area contributed by atoms with Gasteiger partial charge in [0.25, 0.3) is 0 Å². The zero-order valence-electron chi connectivity index (χ0n) is 23.3. The van der Waals surface area contributed by atoms with Crippen LogP contribution in [0, 0.1) is 0 Å². The molecular formula is C32H37NO5S. The highest BCUT2D eigenvalue weighted by atomic mass is 32.2. The number of aryl methyl sites for hydroxylation is 1. The minimum atomic E-state index is -1.20. The van der Waals surface area contributed by atoms with E-state index in [2.05, 4.69) is 48.0 Å².